The molecule has 0 saturated heterocycles. The Morgan fingerprint density at radius 1 is 0.964 bits per heavy atom. The van der Waals surface area contributed by atoms with Gasteiger partial charge in [0.25, 0.3) is 0 Å². The highest BCUT2D eigenvalue weighted by Crippen LogP contribution is 2.24. The normalized spacial score (nSPS) is 10.8. The van der Waals surface area contributed by atoms with Crippen LogP contribution in [0.25, 0.3) is 10.8 Å². The summed E-state index contributed by atoms with van der Waals surface area (Å²) < 4.78 is 1.70. The molecule has 0 saturated carbocycles. The van der Waals surface area contributed by atoms with Crippen LogP contribution in [-0.4, -0.2) is 15.8 Å². The maximum atomic E-state index is 12.4. The summed E-state index contributed by atoms with van der Waals surface area (Å²) in [6, 6.07) is 20.3. The van der Waals surface area contributed by atoms with Gasteiger partial charge in [0.1, 0.15) is 0 Å². The van der Waals surface area contributed by atoms with E-state index in [0.717, 1.165) is 22.0 Å². The van der Waals surface area contributed by atoms with E-state index < -0.39 is 0 Å². The van der Waals surface area contributed by atoms with E-state index in [9.17, 15) is 4.79 Å². The van der Waals surface area contributed by atoms with E-state index >= 15 is 0 Å². The summed E-state index contributed by atoms with van der Waals surface area (Å²) in [7, 11) is 0. The molecule has 0 radical (unpaired) electrons. The van der Waals surface area contributed by atoms with Crippen molar-refractivity contribution in [2.45, 2.75) is 6.54 Å². The zero-order valence-electron chi connectivity index (χ0n) is 14.7. The maximum Gasteiger partial charge on any atom is 0.324 e. The summed E-state index contributed by atoms with van der Waals surface area (Å²) in [5, 5.41) is 13.2. The van der Waals surface area contributed by atoms with Crippen LogP contribution < -0.4 is 10.6 Å². The monoisotopic (exact) mass is 410 g/mol. The number of urea groups is 1. The second kappa shape index (κ2) is 7.92. The fraction of sp³-hybridized carbons (Fsp3) is 0.0476. The second-order valence-electron chi connectivity index (χ2n) is 6.24. The molecule has 140 valence electrons. The summed E-state index contributed by atoms with van der Waals surface area (Å²) in [5.74, 6) is 0.447. The van der Waals surface area contributed by atoms with Crippen molar-refractivity contribution in [1.29, 1.82) is 0 Å². The number of anilines is 2. The first-order chi connectivity index (χ1) is 13.6. The molecule has 2 amide bonds. The fourth-order valence-electron chi connectivity index (χ4n) is 2.95. The Bertz CT molecular complexity index is 1150. The summed E-state index contributed by atoms with van der Waals surface area (Å²) in [4.78, 5) is 12.4. The Labute approximate surface area is 171 Å². The maximum absolute atomic E-state index is 12.4. The Hall–Kier alpha value is -3.02. The van der Waals surface area contributed by atoms with Crippen LogP contribution in [0.2, 0.25) is 10.0 Å². The van der Waals surface area contributed by atoms with E-state index in [2.05, 4.69) is 15.7 Å². The Kier molecular flexibility index (Phi) is 5.19. The molecule has 4 aromatic rings. The van der Waals surface area contributed by atoms with Gasteiger partial charge in [-0.15, -0.1) is 0 Å². The molecule has 0 fully saturated rings. The zero-order valence-corrected chi connectivity index (χ0v) is 16.2. The lowest BCUT2D eigenvalue weighted by Gasteiger charge is -2.09. The first kappa shape index (κ1) is 18.3. The van der Waals surface area contributed by atoms with Crippen molar-refractivity contribution >= 4 is 51.5 Å². The minimum atomic E-state index is -0.355. The highest BCUT2D eigenvalue weighted by Gasteiger charge is 2.09. The first-order valence-corrected chi connectivity index (χ1v) is 9.37. The molecule has 4 rings (SSSR count). The molecule has 1 heterocycles. The third-order valence-electron chi connectivity index (χ3n) is 4.27. The van der Waals surface area contributed by atoms with E-state index in [1.54, 1.807) is 29.1 Å². The average Bonchev–Trinajstić information content (AvgIpc) is 3.11. The number of carbonyl (C=O) groups excluding carboxylic acids is 1. The van der Waals surface area contributed by atoms with Gasteiger partial charge in [-0.25, -0.2) is 4.79 Å². The molecule has 0 unspecified atom stereocenters. The van der Waals surface area contributed by atoms with Gasteiger partial charge in [-0.1, -0.05) is 65.7 Å². The van der Waals surface area contributed by atoms with Crippen LogP contribution in [0, 0.1) is 0 Å². The van der Waals surface area contributed by atoms with Crippen LogP contribution in [-0.2, 0) is 6.54 Å². The van der Waals surface area contributed by atoms with Gasteiger partial charge in [0.2, 0.25) is 0 Å². The van der Waals surface area contributed by atoms with Gasteiger partial charge in [0.05, 0.1) is 12.2 Å². The van der Waals surface area contributed by atoms with Gasteiger partial charge in [0.15, 0.2) is 5.82 Å². The van der Waals surface area contributed by atoms with Crippen molar-refractivity contribution in [3.05, 3.63) is 88.5 Å². The predicted octanol–water partition coefficient (Wildman–Crippen LogP) is 6.04. The number of aromatic nitrogens is 2. The summed E-state index contributed by atoms with van der Waals surface area (Å²) in [5.41, 5.74) is 1.63. The Balaban J connectivity index is 1.44. The van der Waals surface area contributed by atoms with E-state index in [4.69, 9.17) is 23.2 Å². The summed E-state index contributed by atoms with van der Waals surface area (Å²) >= 11 is 12.1. The van der Waals surface area contributed by atoms with E-state index in [0.29, 0.717) is 22.4 Å². The molecule has 5 nitrogen and oxygen atoms in total. The number of hydrogen-bond donors (Lipinski definition) is 2. The minimum Gasteiger partial charge on any atom is -0.307 e. The zero-order chi connectivity index (χ0) is 19.5. The number of halogens is 2. The van der Waals surface area contributed by atoms with Crippen LogP contribution in [0.1, 0.15) is 5.56 Å². The molecule has 0 spiro atoms. The molecule has 0 aliphatic heterocycles. The van der Waals surface area contributed by atoms with Crippen LogP contribution in [0.4, 0.5) is 16.3 Å². The fourth-order valence-corrected chi connectivity index (χ4v) is 3.41. The van der Waals surface area contributed by atoms with Crippen molar-refractivity contribution < 1.29 is 4.79 Å². The van der Waals surface area contributed by atoms with Gasteiger partial charge in [-0.2, -0.15) is 5.10 Å². The molecule has 7 heteroatoms. The number of carbonyl (C=O) groups is 1. The average molecular weight is 411 g/mol. The molecule has 1 aromatic heterocycles. The van der Waals surface area contributed by atoms with E-state index in [-0.39, 0.29) is 6.03 Å². The van der Waals surface area contributed by atoms with E-state index in [1.165, 1.54) is 0 Å². The summed E-state index contributed by atoms with van der Waals surface area (Å²) in [6.45, 7) is 0.475. The smallest absolute Gasteiger partial charge is 0.307 e. The summed E-state index contributed by atoms with van der Waals surface area (Å²) in [6.07, 6.45) is 1.78. The molecule has 0 aliphatic carbocycles. The number of nitrogens with one attached hydrogen (secondary N) is 2. The largest absolute Gasteiger partial charge is 0.324 e. The van der Waals surface area contributed by atoms with E-state index in [1.807, 2.05) is 48.5 Å². The topological polar surface area (TPSA) is 59.0 Å². The molecule has 0 atom stereocenters. The van der Waals surface area contributed by atoms with Gasteiger partial charge in [-0.3, -0.25) is 10.00 Å². The lowest BCUT2D eigenvalue weighted by Crippen LogP contribution is -2.20. The SMILES string of the molecule is O=C(Nc1ccn(Cc2ccc(Cl)cc2Cl)n1)Nc1cccc2ccccc12. The highest BCUT2D eigenvalue weighted by molar-refractivity contribution is 6.35. The van der Waals surface area contributed by atoms with Gasteiger partial charge in [-0.05, 0) is 29.1 Å². The standard InChI is InChI=1S/C21H16Cl2N4O/c22-16-9-8-15(18(23)12-16)13-27-11-10-20(26-27)25-21(28)24-19-7-3-5-14-4-1-2-6-17(14)19/h1-12H,13H2,(H2,24,25,26,28). The number of amides is 2. The second-order valence-corrected chi connectivity index (χ2v) is 7.08. The Morgan fingerprint density at radius 3 is 2.64 bits per heavy atom. The lowest BCUT2D eigenvalue weighted by molar-refractivity contribution is 0.262. The van der Waals surface area contributed by atoms with Crippen LogP contribution in [0.3, 0.4) is 0 Å². The van der Waals surface area contributed by atoms with Crippen molar-refractivity contribution in [2.24, 2.45) is 0 Å². The van der Waals surface area contributed by atoms with Crippen LogP contribution in [0.5, 0.6) is 0 Å². The third kappa shape index (κ3) is 4.11. The molecule has 28 heavy (non-hydrogen) atoms. The van der Waals surface area contributed by atoms with Crippen LogP contribution in [0.15, 0.2) is 72.9 Å². The van der Waals surface area contributed by atoms with Crippen molar-refractivity contribution in [3.8, 4) is 0 Å². The molecule has 3 aromatic carbocycles. The van der Waals surface area contributed by atoms with Gasteiger partial charge < -0.3 is 5.32 Å². The molecular weight excluding hydrogens is 395 g/mol. The third-order valence-corrected chi connectivity index (χ3v) is 4.85. The van der Waals surface area contributed by atoms with Gasteiger partial charge >= 0.3 is 6.03 Å². The first-order valence-electron chi connectivity index (χ1n) is 8.62. The predicted molar refractivity (Wildman–Crippen MR) is 114 cm³/mol. The van der Waals surface area contributed by atoms with Crippen molar-refractivity contribution in [3.63, 3.8) is 0 Å². The number of fused-ring (bicyclic) bond motifs is 1. The molecule has 0 bridgehead atoms. The molecule has 0 aliphatic rings. The van der Waals surface area contributed by atoms with Gasteiger partial charge in [0, 0.05) is 27.7 Å². The Morgan fingerprint density at radius 2 is 1.79 bits per heavy atom. The lowest BCUT2D eigenvalue weighted by atomic mass is 10.1. The van der Waals surface area contributed by atoms with Crippen LogP contribution >= 0.6 is 23.2 Å². The molecular formula is C21H16Cl2N4O. The highest BCUT2D eigenvalue weighted by atomic mass is 35.5. The van der Waals surface area contributed by atoms with Crippen molar-refractivity contribution in [2.75, 3.05) is 10.6 Å². The number of benzene rings is 3. The quantitative estimate of drug-likeness (QED) is 0.431. The minimum absolute atomic E-state index is 0.355. The number of nitrogens with zero attached hydrogens (tertiary/aromatic N) is 2. The number of rotatable bonds is 4. The number of hydrogen-bond acceptors (Lipinski definition) is 2. The molecule has 2 N–H and O–H groups in total. The van der Waals surface area contributed by atoms with Crippen molar-refractivity contribution in [1.82, 2.24) is 9.78 Å².